The Hall–Kier alpha value is -0.540. The average molecular weight is 283 g/mol. The Morgan fingerprint density at radius 1 is 1.44 bits per heavy atom. The SMILES string of the molecule is CNCc1ccc(N(C)CC2CC2)c(Br)c1. The molecule has 0 radical (unpaired) electrons. The molecule has 0 bridgehead atoms. The van der Waals surface area contributed by atoms with Crippen molar-refractivity contribution in [1.29, 1.82) is 0 Å². The summed E-state index contributed by atoms with van der Waals surface area (Å²) in [4.78, 5) is 2.35. The lowest BCUT2D eigenvalue weighted by Gasteiger charge is -2.21. The van der Waals surface area contributed by atoms with Gasteiger partial charge in [0, 0.05) is 24.6 Å². The molecule has 1 aliphatic rings. The molecule has 1 aromatic carbocycles. The molecule has 0 saturated heterocycles. The lowest BCUT2D eigenvalue weighted by molar-refractivity contribution is 0.784. The van der Waals surface area contributed by atoms with Gasteiger partial charge in [-0.05, 0) is 59.4 Å². The number of nitrogens with one attached hydrogen (secondary N) is 1. The summed E-state index contributed by atoms with van der Waals surface area (Å²) in [6, 6.07) is 6.61. The van der Waals surface area contributed by atoms with Crippen LogP contribution >= 0.6 is 15.9 Å². The van der Waals surface area contributed by atoms with Crippen molar-refractivity contribution in [3.63, 3.8) is 0 Å². The predicted octanol–water partition coefficient (Wildman–Crippen LogP) is 3.01. The Bertz CT molecular complexity index is 361. The topological polar surface area (TPSA) is 15.3 Å². The molecule has 0 aromatic heterocycles. The normalized spacial score (nSPS) is 15.2. The van der Waals surface area contributed by atoms with Gasteiger partial charge in [0.05, 0.1) is 5.69 Å². The van der Waals surface area contributed by atoms with Gasteiger partial charge in [-0.2, -0.15) is 0 Å². The summed E-state index contributed by atoms with van der Waals surface area (Å²) < 4.78 is 1.20. The summed E-state index contributed by atoms with van der Waals surface area (Å²) >= 11 is 3.66. The largest absolute Gasteiger partial charge is 0.373 e. The molecule has 1 fully saturated rings. The van der Waals surface area contributed by atoms with Crippen LogP contribution in [0, 0.1) is 5.92 Å². The highest BCUT2D eigenvalue weighted by Gasteiger charge is 2.23. The van der Waals surface area contributed by atoms with E-state index in [2.05, 4.69) is 51.4 Å². The standard InChI is InChI=1S/C13H19BrN2/c1-15-8-11-5-6-13(12(14)7-11)16(2)9-10-3-4-10/h5-7,10,15H,3-4,8-9H2,1-2H3. The maximum Gasteiger partial charge on any atom is 0.0508 e. The van der Waals surface area contributed by atoms with Crippen LogP contribution in [0.4, 0.5) is 5.69 Å². The second kappa shape index (κ2) is 5.19. The van der Waals surface area contributed by atoms with Crippen LogP contribution in [0.5, 0.6) is 0 Å². The fourth-order valence-electron chi connectivity index (χ4n) is 1.96. The van der Waals surface area contributed by atoms with Gasteiger partial charge in [0.15, 0.2) is 0 Å². The highest BCUT2D eigenvalue weighted by molar-refractivity contribution is 9.10. The minimum Gasteiger partial charge on any atom is -0.373 e. The second-order valence-electron chi connectivity index (χ2n) is 4.64. The first-order valence-electron chi connectivity index (χ1n) is 5.85. The number of rotatable bonds is 5. The Labute approximate surface area is 106 Å². The predicted molar refractivity (Wildman–Crippen MR) is 72.9 cm³/mol. The van der Waals surface area contributed by atoms with Gasteiger partial charge >= 0.3 is 0 Å². The summed E-state index contributed by atoms with van der Waals surface area (Å²) in [5, 5.41) is 3.17. The first kappa shape index (κ1) is 11.9. The van der Waals surface area contributed by atoms with Crippen molar-refractivity contribution in [3.8, 4) is 0 Å². The van der Waals surface area contributed by atoms with Crippen LogP contribution < -0.4 is 10.2 Å². The minimum absolute atomic E-state index is 0.922. The van der Waals surface area contributed by atoms with E-state index in [1.54, 1.807) is 0 Å². The summed E-state index contributed by atoms with van der Waals surface area (Å²) in [5.74, 6) is 0.925. The van der Waals surface area contributed by atoms with Crippen LogP contribution in [0.25, 0.3) is 0 Å². The van der Waals surface area contributed by atoms with E-state index >= 15 is 0 Å². The van der Waals surface area contributed by atoms with Crippen LogP contribution in [-0.4, -0.2) is 20.6 Å². The van der Waals surface area contributed by atoms with Crippen molar-refractivity contribution in [2.75, 3.05) is 25.5 Å². The van der Waals surface area contributed by atoms with E-state index in [0.29, 0.717) is 0 Å². The van der Waals surface area contributed by atoms with Crippen LogP contribution in [0.3, 0.4) is 0 Å². The fraction of sp³-hybridized carbons (Fsp3) is 0.538. The third-order valence-corrected chi connectivity index (χ3v) is 3.67. The zero-order valence-corrected chi connectivity index (χ0v) is 11.5. The maximum absolute atomic E-state index is 3.66. The van der Waals surface area contributed by atoms with Crippen molar-refractivity contribution < 1.29 is 0 Å². The smallest absolute Gasteiger partial charge is 0.0508 e. The van der Waals surface area contributed by atoms with Crippen molar-refractivity contribution in [3.05, 3.63) is 28.2 Å². The lowest BCUT2D eigenvalue weighted by atomic mass is 10.2. The molecule has 0 heterocycles. The zero-order chi connectivity index (χ0) is 11.5. The molecule has 16 heavy (non-hydrogen) atoms. The fourth-order valence-corrected chi connectivity index (χ4v) is 2.69. The molecule has 0 atom stereocenters. The minimum atomic E-state index is 0.922. The van der Waals surface area contributed by atoms with E-state index in [9.17, 15) is 0 Å². The van der Waals surface area contributed by atoms with Gasteiger partial charge < -0.3 is 10.2 Å². The van der Waals surface area contributed by atoms with Gasteiger partial charge in [-0.3, -0.25) is 0 Å². The van der Waals surface area contributed by atoms with Gasteiger partial charge in [-0.15, -0.1) is 0 Å². The molecule has 0 unspecified atom stereocenters. The van der Waals surface area contributed by atoms with E-state index in [0.717, 1.165) is 12.5 Å². The van der Waals surface area contributed by atoms with Gasteiger partial charge in [0.25, 0.3) is 0 Å². The van der Waals surface area contributed by atoms with E-state index in [-0.39, 0.29) is 0 Å². The Kier molecular flexibility index (Phi) is 3.87. The molecule has 1 aliphatic carbocycles. The third-order valence-electron chi connectivity index (χ3n) is 3.03. The summed E-state index contributed by atoms with van der Waals surface area (Å²) in [6.45, 7) is 2.11. The molecule has 2 nitrogen and oxygen atoms in total. The maximum atomic E-state index is 3.66. The number of hydrogen-bond donors (Lipinski definition) is 1. The first-order chi connectivity index (χ1) is 7.70. The number of benzene rings is 1. The Balaban J connectivity index is 2.07. The van der Waals surface area contributed by atoms with E-state index in [1.807, 2.05) is 7.05 Å². The molecular weight excluding hydrogens is 264 g/mol. The molecule has 88 valence electrons. The molecule has 1 N–H and O–H groups in total. The molecular formula is C13H19BrN2. The molecule has 3 heteroatoms. The monoisotopic (exact) mass is 282 g/mol. The van der Waals surface area contributed by atoms with E-state index in [1.165, 1.54) is 35.1 Å². The molecule has 0 spiro atoms. The van der Waals surface area contributed by atoms with Crippen LogP contribution in [0.15, 0.2) is 22.7 Å². The third kappa shape index (κ3) is 2.98. The summed E-state index contributed by atoms with van der Waals surface area (Å²) in [5.41, 5.74) is 2.62. The van der Waals surface area contributed by atoms with Crippen molar-refractivity contribution >= 4 is 21.6 Å². The second-order valence-corrected chi connectivity index (χ2v) is 5.49. The van der Waals surface area contributed by atoms with Crippen molar-refractivity contribution in [2.24, 2.45) is 5.92 Å². The number of nitrogens with zero attached hydrogens (tertiary/aromatic N) is 1. The van der Waals surface area contributed by atoms with Gasteiger partial charge in [0.1, 0.15) is 0 Å². The summed E-state index contributed by atoms with van der Waals surface area (Å²) in [7, 11) is 4.15. The lowest BCUT2D eigenvalue weighted by Crippen LogP contribution is -2.20. The van der Waals surface area contributed by atoms with Crippen LogP contribution in [0.1, 0.15) is 18.4 Å². The highest BCUT2D eigenvalue weighted by atomic mass is 79.9. The molecule has 2 rings (SSSR count). The molecule has 1 saturated carbocycles. The van der Waals surface area contributed by atoms with E-state index < -0.39 is 0 Å². The Morgan fingerprint density at radius 3 is 2.75 bits per heavy atom. The number of anilines is 1. The zero-order valence-electron chi connectivity index (χ0n) is 9.96. The number of hydrogen-bond acceptors (Lipinski definition) is 2. The first-order valence-corrected chi connectivity index (χ1v) is 6.64. The van der Waals surface area contributed by atoms with Crippen molar-refractivity contribution in [2.45, 2.75) is 19.4 Å². The van der Waals surface area contributed by atoms with Gasteiger partial charge in [-0.25, -0.2) is 0 Å². The Morgan fingerprint density at radius 2 is 2.19 bits per heavy atom. The van der Waals surface area contributed by atoms with Crippen molar-refractivity contribution in [1.82, 2.24) is 5.32 Å². The van der Waals surface area contributed by atoms with Gasteiger partial charge in [0.2, 0.25) is 0 Å². The molecule has 0 amide bonds. The number of halogens is 1. The van der Waals surface area contributed by atoms with Crippen LogP contribution in [-0.2, 0) is 6.54 Å². The summed E-state index contributed by atoms with van der Waals surface area (Å²) in [6.07, 6.45) is 2.81. The quantitative estimate of drug-likeness (QED) is 0.893. The average Bonchev–Trinajstić information content (AvgIpc) is 3.02. The molecule has 0 aliphatic heterocycles. The van der Waals surface area contributed by atoms with Crippen LogP contribution in [0.2, 0.25) is 0 Å². The van der Waals surface area contributed by atoms with E-state index in [4.69, 9.17) is 0 Å². The molecule has 1 aromatic rings. The highest BCUT2D eigenvalue weighted by Crippen LogP contribution is 2.33. The van der Waals surface area contributed by atoms with Gasteiger partial charge in [-0.1, -0.05) is 6.07 Å².